The van der Waals surface area contributed by atoms with E-state index in [2.05, 4.69) is 11.6 Å². The summed E-state index contributed by atoms with van der Waals surface area (Å²) in [5.74, 6) is 1.01. The zero-order valence-corrected chi connectivity index (χ0v) is 12.0. The summed E-state index contributed by atoms with van der Waals surface area (Å²) in [6, 6.07) is 6.22. The van der Waals surface area contributed by atoms with Gasteiger partial charge < -0.3 is 0 Å². The van der Waals surface area contributed by atoms with Crippen molar-refractivity contribution >= 4 is 15.8 Å². The molecule has 0 saturated heterocycles. The third kappa shape index (κ3) is 3.42. The Kier molecular flexibility index (Phi) is 4.06. The van der Waals surface area contributed by atoms with Gasteiger partial charge in [0.15, 0.2) is 5.78 Å². The van der Waals surface area contributed by atoms with Gasteiger partial charge >= 0.3 is 0 Å². The van der Waals surface area contributed by atoms with Gasteiger partial charge in [-0.1, -0.05) is 26.0 Å². The van der Waals surface area contributed by atoms with Crippen LogP contribution in [0.15, 0.2) is 29.2 Å². The number of ketones is 1. The van der Waals surface area contributed by atoms with Crippen molar-refractivity contribution in [2.75, 3.05) is 6.54 Å². The molecule has 104 valence electrons. The van der Waals surface area contributed by atoms with Gasteiger partial charge in [0, 0.05) is 18.5 Å². The molecule has 1 N–H and O–H groups in total. The first-order valence-corrected chi connectivity index (χ1v) is 8.05. The van der Waals surface area contributed by atoms with Crippen LogP contribution >= 0.6 is 0 Å². The largest absolute Gasteiger partial charge is 0.294 e. The third-order valence-corrected chi connectivity index (χ3v) is 5.02. The Morgan fingerprint density at radius 2 is 2.11 bits per heavy atom. The standard InChI is InChI=1S/C14H19NO3S/c1-3-14(16)11-5-4-6-13(8-11)19(17,18)15-9-12-7-10(12)2/h4-6,8,10,12,15H,3,7,9H2,1-2H3. The molecular formula is C14H19NO3S. The lowest BCUT2D eigenvalue weighted by molar-refractivity contribution is 0.0988. The Balaban J connectivity index is 2.13. The molecule has 1 fully saturated rings. The lowest BCUT2D eigenvalue weighted by atomic mass is 10.1. The molecule has 1 aromatic carbocycles. The second kappa shape index (κ2) is 5.43. The number of carbonyl (C=O) groups excluding carboxylic acids is 1. The molecule has 0 radical (unpaired) electrons. The highest BCUT2D eigenvalue weighted by atomic mass is 32.2. The van der Waals surface area contributed by atoms with Gasteiger partial charge in [-0.05, 0) is 30.4 Å². The second-order valence-electron chi connectivity index (χ2n) is 5.13. The van der Waals surface area contributed by atoms with Crippen LogP contribution in [0, 0.1) is 11.8 Å². The average molecular weight is 281 g/mol. The van der Waals surface area contributed by atoms with Crippen molar-refractivity contribution in [3.63, 3.8) is 0 Å². The molecule has 2 atom stereocenters. The summed E-state index contributed by atoms with van der Waals surface area (Å²) in [5.41, 5.74) is 0.449. The first-order chi connectivity index (χ1) is 8.94. The van der Waals surface area contributed by atoms with Gasteiger partial charge in [0.1, 0.15) is 0 Å². The van der Waals surface area contributed by atoms with Crippen LogP contribution in [0.3, 0.4) is 0 Å². The van der Waals surface area contributed by atoms with E-state index in [-0.39, 0.29) is 10.7 Å². The fraction of sp³-hybridized carbons (Fsp3) is 0.500. The second-order valence-corrected chi connectivity index (χ2v) is 6.90. The van der Waals surface area contributed by atoms with Crippen LogP contribution in [0.25, 0.3) is 0 Å². The van der Waals surface area contributed by atoms with E-state index in [0.29, 0.717) is 30.4 Å². The predicted molar refractivity (Wildman–Crippen MR) is 73.5 cm³/mol. The van der Waals surface area contributed by atoms with Crippen molar-refractivity contribution in [3.05, 3.63) is 29.8 Å². The SMILES string of the molecule is CCC(=O)c1cccc(S(=O)(=O)NCC2CC2C)c1. The Labute approximate surface area is 114 Å². The normalized spacial score (nSPS) is 22.2. The van der Waals surface area contributed by atoms with Crippen LogP contribution in [0.2, 0.25) is 0 Å². The number of Topliss-reactive ketones (excluding diaryl/α,β-unsaturated/α-hetero) is 1. The zero-order valence-electron chi connectivity index (χ0n) is 11.2. The van der Waals surface area contributed by atoms with E-state index in [1.165, 1.54) is 12.1 Å². The molecule has 2 unspecified atom stereocenters. The van der Waals surface area contributed by atoms with Gasteiger partial charge in [0.2, 0.25) is 10.0 Å². The molecule has 0 bridgehead atoms. The van der Waals surface area contributed by atoms with Crippen LogP contribution in [-0.2, 0) is 10.0 Å². The predicted octanol–water partition coefficient (Wildman–Crippen LogP) is 2.21. The van der Waals surface area contributed by atoms with Gasteiger partial charge in [0.05, 0.1) is 4.90 Å². The van der Waals surface area contributed by atoms with Gasteiger partial charge in [-0.2, -0.15) is 0 Å². The first-order valence-electron chi connectivity index (χ1n) is 6.57. The van der Waals surface area contributed by atoms with Crippen molar-refractivity contribution in [2.45, 2.75) is 31.6 Å². The van der Waals surface area contributed by atoms with Crippen molar-refractivity contribution in [1.82, 2.24) is 4.72 Å². The van der Waals surface area contributed by atoms with Crippen molar-refractivity contribution in [3.8, 4) is 0 Å². The fourth-order valence-electron chi connectivity index (χ4n) is 2.02. The van der Waals surface area contributed by atoms with Crippen LogP contribution in [0.5, 0.6) is 0 Å². The highest BCUT2D eigenvalue weighted by Crippen LogP contribution is 2.37. The minimum absolute atomic E-state index is 0.0483. The maximum Gasteiger partial charge on any atom is 0.240 e. The molecule has 5 heteroatoms. The Morgan fingerprint density at radius 1 is 1.42 bits per heavy atom. The molecule has 1 saturated carbocycles. The molecule has 0 spiro atoms. The van der Waals surface area contributed by atoms with E-state index < -0.39 is 10.0 Å². The molecule has 2 rings (SSSR count). The van der Waals surface area contributed by atoms with Gasteiger partial charge in [-0.3, -0.25) is 4.79 Å². The van der Waals surface area contributed by atoms with Crippen LogP contribution in [0.1, 0.15) is 37.0 Å². The lowest BCUT2D eigenvalue weighted by Gasteiger charge is -2.07. The summed E-state index contributed by atoms with van der Waals surface area (Å²) in [6.45, 7) is 4.35. The topological polar surface area (TPSA) is 63.2 Å². The first kappa shape index (κ1) is 14.2. The molecule has 0 heterocycles. The quantitative estimate of drug-likeness (QED) is 0.813. The van der Waals surface area contributed by atoms with E-state index in [4.69, 9.17) is 0 Å². The summed E-state index contributed by atoms with van der Waals surface area (Å²) in [4.78, 5) is 11.8. The van der Waals surface area contributed by atoms with Gasteiger partial charge in [-0.25, -0.2) is 13.1 Å². The van der Waals surface area contributed by atoms with Crippen molar-refractivity contribution < 1.29 is 13.2 Å². The number of hydrogen-bond donors (Lipinski definition) is 1. The average Bonchev–Trinajstić information content (AvgIpc) is 3.12. The van der Waals surface area contributed by atoms with Crippen molar-refractivity contribution in [1.29, 1.82) is 0 Å². The highest BCUT2D eigenvalue weighted by Gasteiger charge is 2.33. The maximum atomic E-state index is 12.1. The molecular weight excluding hydrogens is 262 g/mol. The molecule has 0 aliphatic heterocycles. The monoisotopic (exact) mass is 281 g/mol. The summed E-state index contributed by atoms with van der Waals surface area (Å²) in [7, 11) is -3.51. The Morgan fingerprint density at radius 3 is 2.68 bits per heavy atom. The summed E-state index contributed by atoms with van der Waals surface area (Å²) < 4.78 is 26.8. The number of sulfonamides is 1. The molecule has 1 aliphatic rings. The molecule has 1 aromatic rings. The molecule has 19 heavy (non-hydrogen) atoms. The van der Waals surface area contributed by atoms with Gasteiger partial charge in [-0.15, -0.1) is 0 Å². The minimum atomic E-state index is -3.51. The van der Waals surface area contributed by atoms with E-state index >= 15 is 0 Å². The number of hydrogen-bond acceptors (Lipinski definition) is 3. The highest BCUT2D eigenvalue weighted by molar-refractivity contribution is 7.89. The van der Waals surface area contributed by atoms with Crippen molar-refractivity contribution in [2.24, 2.45) is 11.8 Å². The smallest absolute Gasteiger partial charge is 0.240 e. The molecule has 4 nitrogen and oxygen atoms in total. The fourth-order valence-corrected chi connectivity index (χ4v) is 3.16. The van der Waals surface area contributed by atoms with E-state index in [1.807, 2.05) is 0 Å². The van der Waals surface area contributed by atoms with E-state index in [9.17, 15) is 13.2 Å². The molecule has 0 amide bonds. The Hall–Kier alpha value is -1.20. The van der Waals surface area contributed by atoms with Crippen LogP contribution in [0.4, 0.5) is 0 Å². The summed E-state index contributed by atoms with van der Waals surface area (Å²) in [6.07, 6.45) is 1.45. The summed E-state index contributed by atoms with van der Waals surface area (Å²) >= 11 is 0. The van der Waals surface area contributed by atoms with Crippen LogP contribution < -0.4 is 4.72 Å². The van der Waals surface area contributed by atoms with E-state index in [1.54, 1.807) is 19.1 Å². The number of carbonyl (C=O) groups is 1. The van der Waals surface area contributed by atoms with Gasteiger partial charge in [0.25, 0.3) is 0 Å². The minimum Gasteiger partial charge on any atom is -0.294 e. The Bertz CT molecular complexity index is 580. The number of rotatable bonds is 6. The number of benzene rings is 1. The molecule has 0 aromatic heterocycles. The van der Waals surface area contributed by atoms with E-state index in [0.717, 1.165) is 6.42 Å². The zero-order chi connectivity index (χ0) is 14.0. The third-order valence-electron chi connectivity index (χ3n) is 3.60. The van der Waals surface area contributed by atoms with Crippen LogP contribution in [-0.4, -0.2) is 20.7 Å². The maximum absolute atomic E-state index is 12.1. The summed E-state index contributed by atoms with van der Waals surface area (Å²) in [5, 5.41) is 0. The lowest BCUT2D eigenvalue weighted by Crippen LogP contribution is -2.26. The number of nitrogens with one attached hydrogen (secondary N) is 1. The molecule has 1 aliphatic carbocycles.